The summed E-state index contributed by atoms with van der Waals surface area (Å²) >= 11 is 0. The zero-order valence-corrected chi connectivity index (χ0v) is 10.5. The van der Waals surface area contributed by atoms with Crippen LogP contribution in [-0.4, -0.2) is 13.1 Å². The van der Waals surface area contributed by atoms with Crippen LogP contribution < -0.4 is 0 Å². The molecule has 1 fully saturated rings. The number of methoxy groups -OCH3 is 1. The largest absolute Gasteiger partial charge is 0.465 e. The second kappa shape index (κ2) is 3.86. The van der Waals surface area contributed by atoms with Crippen LogP contribution in [-0.2, 0) is 11.2 Å². The van der Waals surface area contributed by atoms with Gasteiger partial charge in [-0.2, -0.15) is 0 Å². The molecule has 0 saturated heterocycles. The first-order valence-electron chi connectivity index (χ1n) is 6.42. The second-order valence-corrected chi connectivity index (χ2v) is 5.37. The molecule has 0 radical (unpaired) electrons. The number of hydrogen-bond acceptors (Lipinski definition) is 2. The van der Waals surface area contributed by atoms with Gasteiger partial charge >= 0.3 is 5.97 Å². The Morgan fingerprint density at radius 3 is 2.94 bits per heavy atom. The fraction of sp³-hybridized carbons (Fsp3) is 0.533. The molecule has 3 rings (SSSR count). The molecule has 1 aromatic carbocycles. The van der Waals surface area contributed by atoms with Gasteiger partial charge in [0.25, 0.3) is 0 Å². The Balaban J connectivity index is 2.12. The lowest BCUT2D eigenvalue weighted by Crippen LogP contribution is -2.07. The number of fused-ring (bicyclic) bond motifs is 3. The van der Waals surface area contributed by atoms with Crippen LogP contribution in [0.4, 0.5) is 0 Å². The normalized spacial score (nSPS) is 25.5. The second-order valence-electron chi connectivity index (χ2n) is 5.37. The van der Waals surface area contributed by atoms with Crippen molar-refractivity contribution >= 4 is 5.97 Å². The van der Waals surface area contributed by atoms with Crippen molar-refractivity contribution in [2.24, 2.45) is 5.92 Å². The fourth-order valence-electron chi connectivity index (χ4n) is 3.65. The number of aryl methyl sites for hydroxylation is 1. The van der Waals surface area contributed by atoms with Crippen LogP contribution in [0.25, 0.3) is 0 Å². The van der Waals surface area contributed by atoms with E-state index in [1.807, 2.05) is 6.07 Å². The van der Waals surface area contributed by atoms with Crippen LogP contribution in [0.3, 0.4) is 0 Å². The van der Waals surface area contributed by atoms with E-state index in [4.69, 9.17) is 4.74 Å². The molecule has 0 aromatic heterocycles. The number of carbonyl (C=O) groups is 1. The van der Waals surface area contributed by atoms with E-state index in [9.17, 15) is 4.79 Å². The Hall–Kier alpha value is -1.31. The molecule has 1 aromatic rings. The number of benzene rings is 1. The van der Waals surface area contributed by atoms with Gasteiger partial charge < -0.3 is 4.74 Å². The molecule has 2 unspecified atom stereocenters. The summed E-state index contributed by atoms with van der Waals surface area (Å²) in [7, 11) is 1.47. The highest BCUT2D eigenvalue weighted by Crippen LogP contribution is 2.49. The Morgan fingerprint density at radius 2 is 2.18 bits per heavy atom. The van der Waals surface area contributed by atoms with Gasteiger partial charge in [-0.1, -0.05) is 12.5 Å². The fourth-order valence-corrected chi connectivity index (χ4v) is 3.65. The van der Waals surface area contributed by atoms with Gasteiger partial charge in [0.2, 0.25) is 0 Å². The van der Waals surface area contributed by atoms with Crippen molar-refractivity contribution in [3.63, 3.8) is 0 Å². The van der Waals surface area contributed by atoms with Crippen LogP contribution >= 0.6 is 0 Å². The van der Waals surface area contributed by atoms with Crippen molar-refractivity contribution < 1.29 is 9.53 Å². The molecule has 0 N–H and O–H groups in total. The minimum atomic E-state index is -0.176. The molecule has 2 heteroatoms. The van der Waals surface area contributed by atoms with Crippen molar-refractivity contribution in [1.82, 2.24) is 0 Å². The Bertz CT molecular complexity index is 476. The number of ether oxygens (including phenoxy) is 1. The summed E-state index contributed by atoms with van der Waals surface area (Å²) in [4.78, 5) is 11.8. The van der Waals surface area contributed by atoms with Gasteiger partial charge in [0, 0.05) is 0 Å². The molecular weight excluding hydrogens is 212 g/mol. The summed E-state index contributed by atoms with van der Waals surface area (Å²) in [6.45, 7) is 2.06. The van der Waals surface area contributed by atoms with E-state index in [0.29, 0.717) is 5.92 Å². The average molecular weight is 230 g/mol. The van der Waals surface area contributed by atoms with E-state index in [1.54, 1.807) is 0 Å². The summed E-state index contributed by atoms with van der Waals surface area (Å²) in [5, 5.41) is 0. The van der Waals surface area contributed by atoms with Gasteiger partial charge in [-0.15, -0.1) is 0 Å². The van der Waals surface area contributed by atoms with Gasteiger partial charge in [0.05, 0.1) is 12.7 Å². The first-order chi connectivity index (χ1) is 8.20. The predicted molar refractivity (Wildman–Crippen MR) is 66.3 cm³/mol. The topological polar surface area (TPSA) is 26.3 Å². The van der Waals surface area contributed by atoms with E-state index in [2.05, 4.69) is 13.0 Å². The van der Waals surface area contributed by atoms with Gasteiger partial charge in [-0.05, 0) is 60.8 Å². The third kappa shape index (κ3) is 1.58. The zero-order valence-electron chi connectivity index (χ0n) is 10.5. The van der Waals surface area contributed by atoms with Gasteiger partial charge in [-0.25, -0.2) is 4.79 Å². The predicted octanol–water partition coefficient (Wildman–Crippen LogP) is 3.22. The van der Waals surface area contributed by atoms with Crippen LogP contribution in [0, 0.1) is 12.8 Å². The van der Waals surface area contributed by atoms with Crippen molar-refractivity contribution in [1.29, 1.82) is 0 Å². The molecular formula is C15H18O2. The summed E-state index contributed by atoms with van der Waals surface area (Å²) in [6.07, 6.45) is 5.03. The lowest BCUT2D eigenvalue weighted by Gasteiger charge is -2.11. The summed E-state index contributed by atoms with van der Waals surface area (Å²) in [6, 6.07) is 4.25. The highest BCUT2D eigenvalue weighted by molar-refractivity contribution is 5.92. The monoisotopic (exact) mass is 230 g/mol. The summed E-state index contributed by atoms with van der Waals surface area (Å²) in [5.74, 6) is 1.30. The molecule has 2 aliphatic carbocycles. The third-order valence-electron chi connectivity index (χ3n) is 4.36. The quantitative estimate of drug-likeness (QED) is 0.692. The Morgan fingerprint density at radius 1 is 1.35 bits per heavy atom. The van der Waals surface area contributed by atoms with Crippen molar-refractivity contribution in [3.8, 4) is 0 Å². The first kappa shape index (κ1) is 10.8. The lowest BCUT2D eigenvalue weighted by molar-refractivity contribution is 0.0599. The maximum absolute atomic E-state index is 11.8. The lowest BCUT2D eigenvalue weighted by atomic mass is 9.94. The molecule has 0 aliphatic heterocycles. The van der Waals surface area contributed by atoms with E-state index < -0.39 is 0 Å². The van der Waals surface area contributed by atoms with Crippen molar-refractivity contribution in [3.05, 3.63) is 34.4 Å². The van der Waals surface area contributed by atoms with Gasteiger partial charge in [0.15, 0.2) is 0 Å². The molecule has 0 spiro atoms. The maximum Gasteiger partial charge on any atom is 0.338 e. The van der Waals surface area contributed by atoms with Crippen molar-refractivity contribution in [2.75, 3.05) is 7.11 Å². The number of carbonyl (C=O) groups excluding carboxylic acids is 1. The Kier molecular flexibility index (Phi) is 2.46. The van der Waals surface area contributed by atoms with E-state index >= 15 is 0 Å². The van der Waals surface area contributed by atoms with Gasteiger partial charge in [0.1, 0.15) is 0 Å². The summed E-state index contributed by atoms with van der Waals surface area (Å²) < 4.78 is 4.90. The third-order valence-corrected chi connectivity index (χ3v) is 4.36. The molecule has 2 aliphatic rings. The average Bonchev–Trinajstić information content (AvgIpc) is 2.88. The first-order valence-corrected chi connectivity index (χ1v) is 6.42. The van der Waals surface area contributed by atoms with Crippen LogP contribution in [0.2, 0.25) is 0 Å². The van der Waals surface area contributed by atoms with E-state index in [0.717, 1.165) is 17.9 Å². The van der Waals surface area contributed by atoms with Crippen LogP contribution in [0.5, 0.6) is 0 Å². The molecule has 0 amide bonds. The minimum absolute atomic E-state index is 0.176. The molecule has 0 bridgehead atoms. The zero-order chi connectivity index (χ0) is 12.0. The molecule has 2 nitrogen and oxygen atoms in total. The smallest absolute Gasteiger partial charge is 0.338 e. The molecule has 90 valence electrons. The van der Waals surface area contributed by atoms with Crippen LogP contribution in [0.15, 0.2) is 12.1 Å². The number of esters is 1. The standard InChI is InChI=1S/C15H18O2/c1-9-6-12-11-5-3-4-10(11)8-13(12)14(7-9)15(16)17-2/h6-7,10-11H,3-5,8H2,1-2H3. The van der Waals surface area contributed by atoms with E-state index in [1.165, 1.54) is 43.1 Å². The Labute approximate surface area is 102 Å². The highest BCUT2D eigenvalue weighted by Gasteiger charge is 2.38. The minimum Gasteiger partial charge on any atom is -0.465 e. The van der Waals surface area contributed by atoms with E-state index in [-0.39, 0.29) is 5.97 Å². The molecule has 0 heterocycles. The molecule has 17 heavy (non-hydrogen) atoms. The number of hydrogen-bond donors (Lipinski definition) is 0. The van der Waals surface area contributed by atoms with Crippen LogP contribution in [0.1, 0.15) is 52.2 Å². The number of rotatable bonds is 1. The molecule has 2 atom stereocenters. The molecule has 1 saturated carbocycles. The maximum atomic E-state index is 11.8. The highest BCUT2D eigenvalue weighted by atomic mass is 16.5. The SMILES string of the molecule is COC(=O)c1cc(C)cc2c1CC1CCCC21. The van der Waals surface area contributed by atoms with Gasteiger partial charge in [-0.3, -0.25) is 0 Å². The summed E-state index contributed by atoms with van der Waals surface area (Å²) in [5.41, 5.74) is 4.67. The van der Waals surface area contributed by atoms with Crippen molar-refractivity contribution in [2.45, 2.75) is 38.5 Å².